The molecule has 0 saturated heterocycles. The average molecular weight is 180 g/mol. The topological polar surface area (TPSA) is 73.1 Å². The molecular formula is C8H3FNO3-. The molecule has 0 fully saturated rings. The number of rotatable bonds is 1. The van der Waals surface area contributed by atoms with E-state index < -0.39 is 12.0 Å². The number of hydrogen-bond donors (Lipinski definition) is 0. The Morgan fingerprint density at radius 1 is 1.62 bits per heavy atom. The monoisotopic (exact) mass is 180 g/mol. The van der Waals surface area contributed by atoms with Gasteiger partial charge >= 0.3 is 0 Å². The second-order valence-electron chi connectivity index (χ2n) is 2.11. The molecule has 0 spiro atoms. The molecule has 0 radical (unpaired) electrons. The molecule has 0 aliphatic carbocycles. The van der Waals surface area contributed by atoms with Crippen LogP contribution in [0.1, 0.15) is 5.56 Å². The summed E-state index contributed by atoms with van der Waals surface area (Å²) >= 11 is 0. The quantitative estimate of drug-likeness (QED) is 0.463. The van der Waals surface area contributed by atoms with Crippen molar-refractivity contribution in [1.82, 2.24) is 0 Å². The van der Waals surface area contributed by atoms with Crippen molar-refractivity contribution in [3.63, 3.8) is 0 Å². The Bertz CT molecular complexity index is 383. The van der Waals surface area contributed by atoms with E-state index in [1.807, 2.05) is 0 Å². The van der Waals surface area contributed by atoms with Crippen molar-refractivity contribution in [2.75, 3.05) is 0 Å². The third-order valence-electron chi connectivity index (χ3n) is 1.26. The number of ether oxygens (including phenoxy) is 1. The van der Waals surface area contributed by atoms with Crippen molar-refractivity contribution in [2.24, 2.45) is 0 Å². The van der Waals surface area contributed by atoms with E-state index in [0.29, 0.717) is 0 Å². The summed E-state index contributed by atoms with van der Waals surface area (Å²) in [5.74, 6) is -1.04. The summed E-state index contributed by atoms with van der Waals surface area (Å²) in [4.78, 5) is 9.91. The minimum absolute atomic E-state index is 0.175. The fraction of sp³-hybridized carbons (Fsp3) is 0. The van der Waals surface area contributed by atoms with Gasteiger partial charge in [0.05, 0.1) is 11.3 Å². The van der Waals surface area contributed by atoms with Crippen LogP contribution in [0.2, 0.25) is 0 Å². The van der Waals surface area contributed by atoms with Gasteiger partial charge in [0, 0.05) is 0 Å². The number of hydrogen-bond acceptors (Lipinski definition) is 4. The van der Waals surface area contributed by atoms with Crippen molar-refractivity contribution in [3.8, 4) is 11.8 Å². The smallest absolute Gasteiger partial charge is 0.257 e. The molecular weight excluding hydrogens is 177 g/mol. The van der Waals surface area contributed by atoms with Crippen LogP contribution in [0.15, 0.2) is 18.2 Å². The van der Waals surface area contributed by atoms with Gasteiger partial charge in [-0.25, -0.2) is 4.39 Å². The molecule has 0 bridgehead atoms. The van der Waals surface area contributed by atoms with E-state index in [1.54, 1.807) is 6.07 Å². The van der Waals surface area contributed by atoms with E-state index in [9.17, 15) is 14.3 Å². The third kappa shape index (κ3) is 2.17. The molecule has 0 N–H and O–H groups in total. The highest BCUT2D eigenvalue weighted by Crippen LogP contribution is 2.15. The molecule has 0 aliphatic rings. The molecule has 66 valence electrons. The molecule has 4 nitrogen and oxygen atoms in total. The molecule has 0 saturated carbocycles. The third-order valence-corrected chi connectivity index (χ3v) is 1.26. The lowest BCUT2D eigenvalue weighted by Crippen LogP contribution is -2.26. The van der Waals surface area contributed by atoms with Crippen molar-refractivity contribution in [3.05, 3.63) is 29.6 Å². The highest BCUT2D eigenvalue weighted by Gasteiger charge is 2.01. The second kappa shape index (κ2) is 3.54. The molecule has 1 rings (SSSR count). The second-order valence-corrected chi connectivity index (χ2v) is 2.11. The van der Waals surface area contributed by atoms with E-state index >= 15 is 0 Å². The predicted molar refractivity (Wildman–Crippen MR) is 37.1 cm³/mol. The minimum atomic E-state index is -1.77. The number of nitriles is 1. The van der Waals surface area contributed by atoms with Crippen LogP contribution in [-0.2, 0) is 0 Å². The van der Waals surface area contributed by atoms with Gasteiger partial charge in [-0.3, -0.25) is 0 Å². The number of nitrogens with zero attached hydrogens (tertiary/aromatic N) is 1. The predicted octanol–water partition coefficient (Wildman–Crippen LogP) is 0.419. The maximum Gasteiger partial charge on any atom is 0.257 e. The zero-order chi connectivity index (χ0) is 9.84. The largest absolute Gasteiger partial charge is 0.514 e. The molecule has 0 unspecified atom stereocenters. The van der Waals surface area contributed by atoms with Gasteiger partial charge in [-0.15, -0.1) is 0 Å². The van der Waals surface area contributed by atoms with E-state index in [2.05, 4.69) is 4.74 Å². The Morgan fingerprint density at radius 2 is 2.31 bits per heavy atom. The van der Waals surface area contributed by atoms with Crippen LogP contribution in [0.5, 0.6) is 5.75 Å². The summed E-state index contributed by atoms with van der Waals surface area (Å²) in [5.41, 5.74) is -0.175. The molecule has 0 amide bonds. The number of benzene rings is 1. The Kier molecular flexibility index (Phi) is 2.45. The lowest BCUT2D eigenvalue weighted by Gasteiger charge is -2.07. The number of carbonyl (C=O) groups is 1. The molecule has 0 aliphatic heterocycles. The van der Waals surface area contributed by atoms with Gasteiger partial charge in [0.25, 0.3) is 6.16 Å². The van der Waals surface area contributed by atoms with Crippen LogP contribution in [0.4, 0.5) is 9.18 Å². The van der Waals surface area contributed by atoms with Crippen LogP contribution in [-0.4, -0.2) is 6.16 Å². The molecule has 13 heavy (non-hydrogen) atoms. The Balaban J connectivity index is 2.97. The summed E-state index contributed by atoms with van der Waals surface area (Å²) in [7, 11) is 0. The van der Waals surface area contributed by atoms with Gasteiger partial charge in [-0.2, -0.15) is 5.26 Å². The molecule has 1 aromatic carbocycles. The fourth-order valence-electron chi connectivity index (χ4n) is 0.746. The van der Waals surface area contributed by atoms with Crippen LogP contribution in [0, 0.1) is 17.1 Å². The molecule has 5 heteroatoms. The average Bonchev–Trinajstić information content (AvgIpc) is 2.03. The fourth-order valence-corrected chi connectivity index (χ4v) is 0.746. The lowest BCUT2D eigenvalue weighted by molar-refractivity contribution is -0.271. The summed E-state index contributed by atoms with van der Waals surface area (Å²) in [6.07, 6.45) is -1.77. The van der Waals surface area contributed by atoms with Gasteiger partial charge in [-0.05, 0) is 18.2 Å². The van der Waals surface area contributed by atoms with Gasteiger partial charge in [-0.1, -0.05) is 0 Å². The zero-order valence-corrected chi connectivity index (χ0v) is 6.28. The summed E-state index contributed by atoms with van der Waals surface area (Å²) in [6.45, 7) is 0. The van der Waals surface area contributed by atoms with E-state index in [4.69, 9.17) is 5.26 Å². The van der Waals surface area contributed by atoms with E-state index in [1.165, 1.54) is 0 Å². The number of halogens is 1. The number of carbonyl (C=O) groups excluding carboxylic acids is 1. The van der Waals surface area contributed by atoms with Crippen molar-refractivity contribution >= 4 is 6.16 Å². The first-order valence-electron chi connectivity index (χ1n) is 3.22. The first-order chi connectivity index (χ1) is 6.13. The van der Waals surface area contributed by atoms with Gasteiger partial charge < -0.3 is 14.6 Å². The standard InChI is InChI=1S/C8H4FNO3/c9-7-3-6(13-8(11)12)2-1-5(7)4-10/h1-3H,(H,11,12)/p-1. The van der Waals surface area contributed by atoms with E-state index in [0.717, 1.165) is 18.2 Å². The van der Waals surface area contributed by atoms with Gasteiger partial charge in [0.1, 0.15) is 11.9 Å². The van der Waals surface area contributed by atoms with Crippen LogP contribution < -0.4 is 9.84 Å². The molecule has 1 aromatic rings. The lowest BCUT2D eigenvalue weighted by atomic mass is 10.2. The zero-order valence-electron chi connectivity index (χ0n) is 6.28. The maximum absolute atomic E-state index is 12.8. The summed E-state index contributed by atoms with van der Waals surface area (Å²) < 4.78 is 16.8. The molecule has 0 aromatic heterocycles. The SMILES string of the molecule is N#Cc1ccc(OC(=O)[O-])cc1F. The highest BCUT2D eigenvalue weighted by atomic mass is 19.1. The maximum atomic E-state index is 12.8. The van der Waals surface area contributed by atoms with Crippen LogP contribution >= 0.6 is 0 Å². The number of carboxylic acid groups (broad SMARTS) is 1. The Morgan fingerprint density at radius 3 is 2.77 bits per heavy atom. The molecule has 0 heterocycles. The van der Waals surface area contributed by atoms with Gasteiger partial charge in [0.2, 0.25) is 0 Å². The van der Waals surface area contributed by atoms with Crippen LogP contribution in [0.3, 0.4) is 0 Å². The van der Waals surface area contributed by atoms with E-state index in [-0.39, 0.29) is 11.3 Å². The van der Waals surface area contributed by atoms with Crippen molar-refractivity contribution < 1.29 is 19.0 Å². The summed E-state index contributed by atoms with van der Waals surface area (Å²) in [6, 6.07) is 4.66. The Hall–Kier alpha value is -2.09. The first kappa shape index (κ1) is 9.00. The van der Waals surface area contributed by atoms with Crippen molar-refractivity contribution in [2.45, 2.75) is 0 Å². The van der Waals surface area contributed by atoms with Gasteiger partial charge in [0.15, 0.2) is 0 Å². The summed E-state index contributed by atoms with van der Waals surface area (Å²) in [5, 5.41) is 18.2. The van der Waals surface area contributed by atoms with Crippen molar-refractivity contribution in [1.29, 1.82) is 5.26 Å². The molecule has 0 atom stereocenters. The first-order valence-corrected chi connectivity index (χ1v) is 3.22. The van der Waals surface area contributed by atoms with Crippen LogP contribution in [0.25, 0.3) is 0 Å². The Labute approximate surface area is 72.8 Å². The normalized spacial score (nSPS) is 8.92. The highest BCUT2D eigenvalue weighted by molar-refractivity contribution is 5.58. The minimum Gasteiger partial charge on any atom is -0.514 e.